The summed E-state index contributed by atoms with van der Waals surface area (Å²) >= 11 is 0. The van der Waals surface area contributed by atoms with E-state index in [-0.39, 0.29) is 0 Å². The van der Waals surface area contributed by atoms with E-state index in [1.165, 1.54) is 5.56 Å². The second-order valence-corrected chi connectivity index (χ2v) is 2.92. The van der Waals surface area contributed by atoms with E-state index in [1.54, 1.807) is 0 Å². The van der Waals surface area contributed by atoms with E-state index in [0.29, 0.717) is 0 Å². The average molecular weight is 230 g/mol. The minimum absolute atomic E-state index is 1.04. The van der Waals surface area contributed by atoms with Crippen molar-refractivity contribution < 1.29 is 0 Å². The number of rotatable bonds is 0. The van der Waals surface area contributed by atoms with Gasteiger partial charge in [-0.15, -0.1) is 5.92 Å². The molecule has 2 nitrogen and oxygen atoms in total. The smallest absolute Gasteiger partial charge is 0.0847 e. The van der Waals surface area contributed by atoms with Crippen molar-refractivity contribution in [2.75, 3.05) is 0 Å². The Balaban J connectivity index is 0.000000581. The SMILES string of the molecule is CC.CC.CC#Cc1cccn2ncc(C)c12. The fourth-order valence-electron chi connectivity index (χ4n) is 1.43. The van der Waals surface area contributed by atoms with Crippen LogP contribution in [0.1, 0.15) is 45.7 Å². The van der Waals surface area contributed by atoms with Crippen LogP contribution in [0.4, 0.5) is 0 Å². The number of pyridine rings is 1. The average Bonchev–Trinajstić information content (AvgIpc) is 2.78. The Bertz CT molecular complexity index is 498. The summed E-state index contributed by atoms with van der Waals surface area (Å²) < 4.78 is 1.86. The van der Waals surface area contributed by atoms with Gasteiger partial charge in [0.1, 0.15) is 0 Å². The normalized spacial score (nSPS) is 8.12. The first kappa shape index (κ1) is 15.2. The third kappa shape index (κ3) is 3.64. The van der Waals surface area contributed by atoms with Crippen LogP contribution in [0.2, 0.25) is 0 Å². The number of aryl methyl sites for hydroxylation is 1. The first-order chi connectivity index (χ1) is 8.33. The van der Waals surface area contributed by atoms with Gasteiger partial charge in [0.15, 0.2) is 0 Å². The largest absolute Gasteiger partial charge is 0.239 e. The number of aromatic nitrogens is 2. The number of fused-ring (bicyclic) bond motifs is 1. The van der Waals surface area contributed by atoms with E-state index >= 15 is 0 Å². The standard InChI is InChI=1S/C11H10N2.2C2H6/c1-3-5-10-6-4-7-13-11(10)9(2)8-12-13;2*1-2/h4,6-8H,1-2H3;2*1-2H3. The third-order valence-corrected chi connectivity index (χ3v) is 1.98. The summed E-state index contributed by atoms with van der Waals surface area (Å²) in [5.41, 5.74) is 3.32. The lowest BCUT2D eigenvalue weighted by atomic mass is 10.2. The van der Waals surface area contributed by atoms with Gasteiger partial charge in [-0.1, -0.05) is 33.6 Å². The Kier molecular flexibility index (Phi) is 7.54. The van der Waals surface area contributed by atoms with Crippen molar-refractivity contribution in [3.05, 3.63) is 35.7 Å². The summed E-state index contributed by atoms with van der Waals surface area (Å²) in [6.07, 6.45) is 3.79. The predicted octanol–water partition coefficient (Wildman–Crippen LogP) is 4.07. The van der Waals surface area contributed by atoms with Gasteiger partial charge in [0.2, 0.25) is 0 Å². The van der Waals surface area contributed by atoms with Gasteiger partial charge in [-0.3, -0.25) is 0 Å². The third-order valence-electron chi connectivity index (χ3n) is 1.98. The quantitative estimate of drug-likeness (QED) is 0.624. The summed E-state index contributed by atoms with van der Waals surface area (Å²) in [5, 5.41) is 4.21. The first-order valence-corrected chi connectivity index (χ1v) is 6.18. The van der Waals surface area contributed by atoms with Gasteiger partial charge in [0, 0.05) is 6.20 Å². The van der Waals surface area contributed by atoms with Gasteiger partial charge < -0.3 is 0 Å². The molecule has 0 aliphatic rings. The zero-order valence-electron chi connectivity index (χ0n) is 11.7. The minimum atomic E-state index is 1.04. The van der Waals surface area contributed by atoms with Crippen LogP contribution in [0.3, 0.4) is 0 Å². The lowest BCUT2D eigenvalue weighted by Crippen LogP contribution is -1.88. The summed E-state index contributed by atoms with van der Waals surface area (Å²) in [6.45, 7) is 11.9. The second-order valence-electron chi connectivity index (χ2n) is 2.92. The van der Waals surface area contributed by atoms with Crippen molar-refractivity contribution in [2.45, 2.75) is 41.5 Å². The first-order valence-electron chi connectivity index (χ1n) is 6.18. The van der Waals surface area contributed by atoms with Crippen LogP contribution < -0.4 is 0 Å². The molecule has 0 unspecified atom stereocenters. The molecule has 17 heavy (non-hydrogen) atoms. The van der Waals surface area contributed by atoms with Crippen LogP contribution >= 0.6 is 0 Å². The Morgan fingerprint density at radius 2 is 1.82 bits per heavy atom. The molecule has 2 heteroatoms. The summed E-state index contributed by atoms with van der Waals surface area (Å²) in [4.78, 5) is 0. The van der Waals surface area contributed by atoms with Gasteiger partial charge in [0.25, 0.3) is 0 Å². The molecule has 0 aromatic carbocycles. The highest BCUT2D eigenvalue weighted by Crippen LogP contribution is 2.13. The summed E-state index contributed by atoms with van der Waals surface area (Å²) in [6, 6.07) is 3.97. The molecule has 92 valence electrons. The molecule has 2 rings (SSSR count). The van der Waals surface area contributed by atoms with E-state index < -0.39 is 0 Å². The van der Waals surface area contributed by atoms with Crippen molar-refractivity contribution >= 4 is 5.52 Å². The van der Waals surface area contributed by atoms with Crippen molar-refractivity contribution in [3.63, 3.8) is 0 Å². The molecule has 0 N–H and O–H groups in total. The van der Waals surface area contributed by atoms with E-state index in [2.05, 4.69) is 16.9 Å². The molecular formula is C15H22N2. The summed E-state index contributed by atoms with van der Waals surface area (Å²) in [7, 11) is 0. The molecule has 0 atom stereocenters. The maximum atomic E-state index is 4.21. The molecule has 0 saturated heterocycles. The Labute approximate surface area is 105 Å². The van der Waals surface area contributed by atoms with Crippen LogP contribution in [-0.2, 0) is 0 Å². The molecule has 0 amide bonds. The molecule has 0 spiro atoms. The van der Waals surface area contributed by atoms with Gasteiger partial charge in [0.05, 0.1) is 17.3 Å². The highest BCUT2D eigenvalue weighted by molar-refractivity contribution is 5.65. The van der Waals surface area contributed by atoms with Gasteiger partial charge in [-0.2, -0.15) is 5.10 Å². The molecule has 2 aromatic rings. The molecule has 2 heterocycles. The van der Waals surface area contributed by atoms with Crippen LogP contribution in [0.15, 0.2) is 24.5 Å². The Morgan fingerprint density at radius 1 is 1.18 bits per heavy atom. The van der Waals surface area contributed by atoms with E-state index in [1.807, 2.05) is 70.6 Å². The molecule has 0 radical (unpaired) electrons. The molecule has 0 aliphatic carbocycles. The molecule has 0 fully saturated rings. The fourth-order valence-corrected chi connectivity index (χ4v) is 1.43. The van der Waals surface area contributed by atoms with E-state index in [9.17, 15) is 0 Å². The lowest BCUT2D eigenvalue weighted by Gasteiger charge is -1.96. The zero-order valence-corrected chi connectivity index (χ0v) is 11.7. The maximum Gasteiger partial charge on any atom is 0.0847 e. The van der Waals surface area contributed by atoms with Crippen LogP contribution in [0.25, 0.3) is 5.52 Å². The number of nitrogens with zero attached hydrogens (tertiary/aromatic N) is 2. The molecule has 2 aromatic heterocycles. The predicted molar refractivity (Wildman–Crippen MR) is 75.2 cm³/mol. The van der Waals surface area contributed by atoms with Crippen LogP contribution in [-0.4, -0.2) is 9.61 Å². The van der Waals surface area contributed by atoms with Crippen molar-refractivity contribution in [2.24, 2.45) is 0 Å². The Morgan fingerprint density at radius 3 is 2.41 bits per heavy atom. The van der Waals surface area contributed by atoms with E-state index in [0.717, 1.165) is 11.1 Å². The van der Waals surface area contributed by atoms with Crippen LogP contribution in [0.5, 0.6) is 0 Å². The Hall–Kier alpha value is -1.75. The van der Waals surface area contributed by atoms with E-state index in [4.69, 9.17) is 0 Å². The minimum Gasteiger partial charge on any atom is -0.239 e. The lowest BCUT2D eigenvalue weighted by molar-refractivity contribution is 0.959. The second kappa shape index (κ2) is 8.41. The summed E-state index contributed by atoms with van der Waals surface area (Å²) in [5.74, 6) is 5.97. The maximum absolute atomic E-state index is 4.21. The van der Waals surface area contributed by atoms with Crippen molar-refractivity contribution in [1.82, 2.24) is 9.61 Å². The van der Waals surface area contributed by atoms with Gasteiger partial charge >= 0.3 is 0 Å². The van der Waals surface area contributed by atoms with Crippen molar-refractivity contribution in [1.29, 1.82) is 0 Å². The molecule has 0 aliphatic heterocycles. The van der Waals surface area contributed by atoms with Gasteiger partial charge in [-0.25, -0.2) is 4.52 Å². The molecule has 0 saturated carbocycles. The highest BCUT2D eigenvalue weighted by Gasteiger charge is 2.02. The molecular weight excluding hydrogens is 208 g/mol. The fraction of sp³-hybridized carbons (Fsp3) is 0.400. The van der Waals surface area contributed by atoms with Gasteiger partial charge in [-0.05, 0) is 31.5 Å². The van der Waals surface area contributed by atoms with Crippen LogP contribution in [0, 0.1) is 18.8 Å². The monoisotopic (exact) mass is 230 g/mol. The number of hydrogen-bond acceptors (Lipinski definition) is 1. The van der Waals surface area contributed by atoms with Crippen molar-refractivity contribution in [3.8, 4) is 11.8 Å². The molecule has 0 bridgehead atoms. The topological polar surface area (TPSA) is 17.3 Å². The highest BCUT2D eigenvalue weighted by atomic mass is 15.2. The zero-order chi connectivity index (χ0) is 13.3. The number of hydrogen-bond donors (Lipinski definition) is 0.